The van der Waals surface area contributed by atoms with Gasteiger partial charge >= 0.3 is 6.98 Å². The molecular weight excluding hydrogens is 307 g/mol. The van der Waals surface area contributed by atoms with E-state index < -0.39 is 0 Å². The van der Waals surface area contributed by atoms with Gasteiger partial charge in [0.25, 0.3) is 0 Å². The fraction of sp³-hybridized carbons (Fsp3) is 0.524. The first kappa shape index (κ1) is 16.8. The van der Waals surface area contributed by atoms with E-state index in [0.717, 1.165) is 11.3 Å². The summed E-state index contributed by atoms with van der Waals surface area (Å²) in [6, 6.07) is 8.88. The largest absolute Gasteiger partial charge is 0.455 e. The molecule has 0 N–H and O–H groups in total. The minimum absolute atomic E-state index is 0.161. The van der Waals surface area contributed by atoms with Crippen molar-refractivity contribution in [2.24, 2.45) is 5.41 Å². The second kappa shape index (κ2) is 5.17. The van der Waals surface area contributed by atoms with Gasteiger partial charge in [-0.1, -0.05) is 31.5 Å². The van der Waals surface area contributed by atoms with E-state index >= 15 is 0 Å². The van der Waals surface area contributed by atoms with Gasteiger partial charge in [-0.15, -0.1) is 0 Å². The molecule has 0 amide bonds. The Hall–Kier alpha value is -1.68. The van der Waals surface area contributed by atoms with Crippen LogP contribution in [-0.2, 0) is 0 Å². The van der Waals surface area contributed by atoms with Crippen molar-refractivity contribution in [2.75, 3.05) is 11.9 Å². The zero-order chi connectivity index (χ0) is 18.1. The third-order valence-corrected chi connectivity index (χ3v) is 6.48. The van der Waals surface area contributed by atoms with Crippen LogP contribution in [0, 0.1) is 5.41 Å². The number of hydrogen-bond acceptors (Lipinski definition) is 3. The Morgan fingerprint density at radius 3 is 2.48 bits per heavy atom. The summed E-state index contributed by atoms with van der Waals surface area (Å²) in [5.74, 6) is 0.987. The molecule has 0 saturated carbocycles. The third kappa shape index (κ3) is 2.30. The van der Waals surface area contributed by atoms with E-state index in [9.17, 15) is 0 Å². The Bertz CT molecular complexity index is 864. The van der Waals surface area contributed by atoms with E-state index in [0.29, 0.717) is 11.5 Å². The lowest BCUT2D eigenvalue weighted by atomic mass is 9.59. The molecule has 132 valence electrons. The molecule has 0 bridgehead atoms. The van der Waals surface area contributed by atoms with Crippen LogP contribution in [0.25, 0.3) is 17.0 Å². The Balaban J connectivity index is 1.85. The van der Waals surface area contributed by atoms with E-state index in [2.05, 4.69) is 82.5 Å². The highest BCUT2D eigenvalue weighted by molar-refractivity contribution is 6.70. The number of allylic oxidation sites excluding steroid dienone is 1. The van der Waals surface area contributed by atoms with Crippen LogP contribution in [0.15, 0.2) is 34.2 Å². The first-order chi connectivity index (χ1) is 11.6. The molecule has 1 fully saturated rings. The molecule has 0 aliphatic carbocycles. The first-order valence-electron chi connectivity index (χ1n) is 9.34. The number of anilines is 1. The van der Waals surface area contributed by atoms with Crippen LogP contribution in [0.1, 0.15) is 53.7 Å². The third-order valence-electron chi connectivity index (χ3n) is 6.48. The Labute approximate surface area is 151 Å². The predicted molar refractivity (Wildman–Crippen MR) is 108 cm³/mol. The minimum Gasteiger partial charge on any atom is -0.455 e. The normalized spacial score (nSPS) is 25.4. The second-order valence-corrected chi connectivity index (χ2v) is 9.25. The van der Waals surface area contributed by atoms with Gasteiger partial charge in [0.1, 0.15) is 11.3 Å². The summed E-state index contributed by atoms with van der Waals surface area (Å²) in [5, 5.41) is 1.21. The van der Waals surface area contributed by atoms with E-state index in [1.54, 1.807) is 0 Å². The summed E-state index contributed by atoms with van der Waals surface area (Å²) in [6.45, 7) is 14.5. The van der Waals surface area contributed by atoms with Crippen molar-refractivity contribution in [3.8, 4) is 0 Å². The summed E-state index contributed by atoms with van der Waals surface area (Å²) < 4.78 is 6.13. The number of furan rings is 1. The summed E-state index contributed by atoms with van der Waals surface area (Å²) in [4.78, 5) is 5.14. The molecule has 2 aliphatic rings. The monoisotopic (exact) mass is 336 g/mol. The molecular formula is C21H29BN2O. The van der Waals surface area contributed by atoms with E-state index in [-0.39, 0.29) is 12.5 Å². The van der Waals surface area contributed by atoms with Crippen molar-refractivity contribution in [1.29, 1.82) is 0 Å². The fourth-order valence-corrected chi connectivity index (χ4v) is 5.43. The molecule has 1 aromatic heterocycles. The van der Waals surface area contributed by atoms with Crippen LogP contribution >= 0.6 is 0 Å². The number of rotatable bonds is 1. The summed E-state index contributed by atoms with van der Waals surface area (Å²) >= 11 is 0. The van der Waals surface area contributed by atoms with Gasteiger partial charge in [0, 0.05) is 17.0 Å². The maximum atomic E-state index is 6.13. The molecule has 25 heavy (non-hydrogen) atoms. The molecule has 3 nitrogen and oxygen atoms in total. The quantitative estimate of drug-likeness (QED) is 0.666. The maximum absolute atomic E-state index is 6.13. The van der Waals surface area contributed by atoms with Crippen LogP contribution in [0.2, 0.25) is 0 Å². The Kier molecular flexibility index (Phi) is 3.47. The van der Waals surface area contributed by atoms with Gasteiger partial charge in [0.05, 0.1) is 5.69 Å². The molecule has 1 aromatic carbocycles. The highest BCUT2D eigenvalue weighted by Gasteiger charge is 2.54. The molecule has 1 atom stereocenters. The van der Waals surface area contributed by atoms with E-state index in [4.69, 9.17) is 4.42 Å². The lowest BCUT2D eigenvalue weighted by molar-refractivity contribution is 0.234. The highest BCUT2D eigenvalue weighted by atomic mass is 16.3. The van der Waals surface area contributed by atoms with Crippen LogP contribution in [0.4, 0.5) is 5.69 Å². The molecule has 4 rings (SSSR count). The van der Waals surface area contributed by atoms with Gasteiger partial charge in [-0.25, -0.2) is 0 Å². The average Bonchev–Trinajstić information content (AvgIpc) is 2.93. The van der Waals surface area contributed by atoms with Crippen molar-refractivity contribution >= 4 is 29.7 Å². The number of para-hydroxylation sites is 1. The molecule has 4 heteroatoms. The van der Waals surface area contributed by atoms with Gasteiger partial charge in [0.2, 0.25) is 0 Å². The zero-order valence-corrected chi connectivity index (χ0v) is 16.6. The second-order valence-electron chi connectivity index (χ2n) is 9.25. The van der Waals surface area contributed by atoms with Crippen molar-refractivity contribution in [2.45, 2.75) is 59.5 Å². The molecule has 0 spiro atoms. The number of nitrogens with zero attached hydrogens (tertiary/aromatic N) is 2. The summed E-state index contributed by atoms with van der Waals surface area (Å²) in [7, 11) is 2.22. The number of hydrogen-bond donors (Lipinski definition) is 0. The van der Waals surface area contributed by atoms with Gasteiger partial charge in [-0.05, 0) is 64.8 Å². The molecule has 0 unspecified atom stereocenters. The average molecular weight is 336 g/mol. The topological polar surface area (TPSA) is 19.6 Å². The smallest absolute Gasteiger partial charge is 0.374 e. The Morgan fingerprint density at radius 1 is 1.16 bits per heavy atom. The molecule has 3 heterocycles. The predicted octanol–water partition coefficient (Wildman–Crippen LogP) is 5.21. The maximum Gasteiger partial charge on any atom is 0.374 e. The van der Waals surface area contributed by atoms with Crippen LogP contribution in [0.3, 0.4) is 0 Å². The molecule has 1 saturated heterocycles. The van der Waals surface area contributed by atoms with Crippen LogP contribution < -0.4 is 4.81 Å². The van der Waals surface area contributed by atoms with Crippen LogP contribution in [-0.4, -0.2) is 30.4 Å². The summed E-state index contributed by atoms with van der Waals surface area (Å²) in [6.07, 6.45) is 3.45. The number of fused-ring (bicyclic) bond motifs is 3. The van der Waals surface area contributed by atoms with Gasteiger partial charge in [0.15, 0.2) is 0 Å². The Morgan fingerprint density at radius 2 is 1.84 bits per heavy atom. The van der Waals surface area contributed by atoms with E-state index in [1.807, 2.05) is 6.07 Å². The van der Waals surface area contributed by atoms with Gasteiger partial charge < -0.3 is 14.0 Å². The lowest BCUT2D eigenvalue weighted by Crippen LogP contribution is -2.61. The first-order valence-corrected chi connectivity index (χ1v) is 9.34. The standard InChI is InChI=1S/C21H29BN2O/c1-14-12-18-19(16-10-8-9-11-17(16)25-18)23(7)22(14)24-15(2)20(3,4)13-21(24,5)6/h8-12,15H,13H2,1-7H3/t15-/m0/s1. The van der Waals surface area contributed by atoms with Gasteiger partial charge in [-0.3, -0.25) is 0 Å². The fourth-order valence-electron chi connectivity index (χ4n) is 5.43. The van der Waals surface area contributed by atoms with Crippen molar-refractivity contribution in [3.63, 3.8) is 0 Å². The number of benzene rings is 1. The van der Waals surface area contributed by atoms with E-state index in [1.165, 1.54) is 23.0 Å². The van der Waals surface area contributed by atoms with Crippen LogP contribution in [0.5, 0.6) is 0 Å². The zero-order valence-electron chi connectivity index (χ0n) is 16.6. The molecule has 0 radical (unpaired) electrons. The molecule has 2 aromatic rings. The highest BCUT2D eigenvalue weighted by Crippen LogP contribution is 2.49. The molecule has 2 aliphatic heterocycles. The van der Waals surface area contributed by atoms with Crippen molar-refractivity contribution < 1.29 is 4.42 Å². The SMILES string of the molecule is CC1=Cc2oc3ccccc3c2N(C)B1N1[C@@H](C)C(C)(C)CC1(C)C. The lowest BCUT2D eigenvalue weighted by Gasteiger charge is -2.45. The van der Waals surface area contributed by atoms with Gasteiger partial charge in [-0.2, -0.15) is 0 Å². The minimum atomic E-state index is 0.161. The van der Waals surface area contributed by atoms with Crippen molar-refractivity contribution in [3.05, 3.63) is 35.5 Å². The van der Waals surface area contributed by atoms with Crippen molar-refractivity contribution in [1.82, 2.24) is 4.81 Å². The summed E-state index contributed by atoms with van der Waals surface area (Å²) in [5.41, 5.74) is 4.01.